The summed E-state index contributed by atoms with van der Waals surface area (Å²) < 4.78 is 0. The van der Waals surface area contributed by atoms with Gasteiger partial charge in [-0.1, -0.05) is 6.58 Å². The zero-order chi connectivity index (χ0) is 6.41. The fraction of sp³-hybridized carbons (Fsp3) is 0.200. The van der Waals surface area contributed by atoms with E-state index in [2.05, 4.69) is 29.1 Å². The lowest BCUT2D eigenvalue weighted by molar-refractivity contribution is 1.29. The molecule has 8 heavy (non-hydrogen) atoms. The van der Waals surface area contributed by atoms with Gasteiger partial charge in [-0.15, -0.1) is 0 Å². The molecule has 0 unspecified atom stereocenters. The molecule has 0 fully saturated rings. The summed E-state index contributed by atoms with van der Waals surface area (Å²) in [4.78, 5) is 3.74. The van der Waals surface area contributed by atoms with Crippen LogP contribution in [0.1, 0.15) is 6.92 Å². The summed E-state index contributed by atoms with van der Waals surface area (Å²) in [5.74, 6) is 0. The molecule has 0 atom stereocenters. The highest BCUT2D eigenvalue weighted by atomic mass is 32.1. The van der Waals surface area contributed by atoms with Gasteiger partial charge < -0.3 is 5.32 Å². The van der Waals surface area contributed by atoms with Crippen molar-refractivity contribution in [1.29, 1.82) is 0 Å². The van der Waals surface area contributed by atoms with E-state index in [4.69, 9.17) is 0 Å². The predicted octanol–water partition coefficient (Wildman–Crippen LogP) is 1.10. The summed E-state index contributed by atoms with van der Waals surface area (Å²) in [7, 11) is 0. The van der Waals surface area contributed by atoms with Crippen LogP contribution in [0.5, 0.6) is 0 Å². The average molecular weight is 128 g/mol. The molecule has 44 valence electrons. The lowest BCUT2D eigenvalue weighted by Crippen LogP contribution is -2.10. The third-order valence-corrected chi connectivity index (χ3v) is 0.695. The Morgan fingerprint density at radius 2 is 2.50 bits per heavy atom. The van der Waals surface area contributed by atoms with Gasteiger partial charge in [0.05, 0.1) is 0 Å². The summed E-state index contributed by atoms with van der Waals surface area (Å²) in [6.45, 7) is 5.21. The van der Waals surface area contributed by atoms with Crippen LogP contribution in [0.3, 0.4) is 0 Å². The molecule has 0 bridgehead atoms. The van der Waals surface area contributed by atoms with E-state index in [1.165, 1.54) is 6.20 Å². The van der Waals surface area contributed by atoms with E-state index in [-0.39, 0.29) is 0 Å². The molecule has 0 aromatic carbocycles. The first-order valence-electron chi connectivity index (χ1n) is 2.21. The molecule has 0 spiro atoms. The standard InChI is InChI=1S/C5H8N2S/c1-3-6-5(8)7-4-2/h3-4H,1H2,2H3,(H,6,8). The largest absolute Gasteiger partial charge is 0.338 e. The Balaban J connectivity index is 3.48. The van der Waals surface area contributed by atoms with Gasteiger partial charge in [-0.2, -0.15) is 0 Å². The second-order valence-electron chi connectivity index (χ2n) is 1.04. The van der Waals surface area contributed by atoms with Crippen molar-refractivity contribution < 1.29 is 0 Å². The van der Waals surface area contributed by atoms with Gasteiger partial charge in [-0.25, -0.2) is 4.99 Å². The highest BCUT2D eigenvalue weighted by Crippen LogP contribution is 1.70. The molecule has 0 aromatic heterocycles. The summed E-state index contributed by atoms with van der Waals surface area (Å²) in [5, 5.41) is 3.09. The van der Waals surface area contributed by atoms with Crippen LogP contribution in [0.2, 0.25) is 0 Å². The molecule has 0 saturated heterocycles. The Labute approximate surface area is 54.3 Å². The van der Waals surface area contributed by atoms with E-state index in [0.717, 1.165) is 0 Å². The average Bonchev–Trinajstić information content (AvgIpc) is 1.68. The fourth-order valence-electron chi connectivity index (χ4n) is 0.242. The molecule has 0 aliphatic carbocycles. The van der Waals surface area contributed by atoms with E-state index < -0.39 is 0 Å². The smallest absolute Gasteiger partial charge is 0.196 e. The van der Waals surface area contributed by atoms with Gasteiger partial charge >= 0.3 is 0 Å². The number of hydrogen-bond donors (Lipinski definition) is 1. The summed E-state index contributed by atoms with van der Waals surface area (Å²) in [6, 6.07) is 0. The summed E-state index contributed by atoms with van der Waals surface area (Å²) >= 11 is 4.67. The van der Waals surface area contributed by atoms with Crippen molar-refractivity contribution in [1.82, 2.24) is 5.32 Å². The van der Waals surface area contributed by atoms with E-state index in [0.29, 0.717) is 5.11 Å². The minimum Gasteiger partial charge on any atom is -0.338 e. The SMILES string of the molecule is C=CNC(=S)N=CC. The molecule has 2 nitrogen and oxygen atoms in total. The van der Waals surface area contributed by atoms with E-state index in [1.54, 1.807) is 13.1 Å². The van der Waals surface area contributed by atoms with Crippen LogP contribution >= 0.6 is 12.2 Å². The first-order valence-corrected chi connectivity index (χ1v) is 2.62. The lowest BCUT2D eigenvalue weighted by atomic mass is 10.8. The molecule has 1 N–H and O–H groups in total. The Bertz CT molecular complexity index is 118. The first kappa shape index (κ1) is 7.30. The van der Waals surface area contributed by atoms with Gasteiger partial charge in [0.1, 0.15) is 0 Å². The van der Waals surface area contributed by atoms with Gasteiger partial charge in [-0.05, 0) is 25.3 Å². The van der Waals surface area contributed by atoms with Gasteiger partial charge in [0.15, 0.2) is 5.11 Å². The van der Waals surface area contributed by atoms with Gasteiger partial charge in [0.2, 0.25) is 0 Å². The second-order valence-corrected chi connectivity index (χ2v) is 1.43. The highest BCUT2D eigenvalue weighted by molar-refractivity contribution is 7.80. The number of nitrogens with one attached hydrogen (secondary N) is 1. The molecule has 0 saturated carbocycles. The van der Waals surface area contributed by atoms with Crippen LogP contribution in [0.4, 0.5) is 0 Å². The van der Waals surface area contributed by atoms with Gasteiger partial charge in [0, 0.05) is 6.21 Å². The van der Waals surface area contributed by atoms with Crippen LogP contribution in [0.15, 0.2) is 17.8 Å². The molecule has 0 amide bonds. The van der Waals surface area contributed by atoms with Gasteiger partial charge in [0.25, 0.3) is 0 Å². The quantitative estimate of drug-likeness (QED) is 0.422. The topological polar surface area (TPSA) is 24.4 Å². The molecule has 0 aliphatic heterocycles. The Morgan fingerprint density at radius 1 is 1.88 bits per heavy atom. The van der Waals surface area contributed by atoms with Crippen molar-refractivity contribution in [3.63, 3.8) is 0 Å². The third kappa shape index (κ3) is 3.49. The minimum atomic E-state index is 0.447. The normalized spacial score (nSPS) is 9.12. The predicted molar refractivity (Wildman–Crippen MR) is 40.1 cm³/mol. The number of thiocarbonyl (C=S) groups is 1. The molecule has 0 aromatic rings. The molecule has 0 radical (unpaired) electrons. The van der Waals surface area contributed by atoms with Crippen LogP contribution in [0, 0.1) is 0 Å². The van der Waals surface area contributed by atoms with Crippen molar-refractivity contribution in [3.8, 4) is 0 Å². The molecule has 3 heteroatoms. The van der Waals surface area contributed by atoms with Crippen molar-refractivity contribution in [2.24, 2.45) is 4.99 Å². The highest BCUT2D eigenvalue weighted by Gasteiger charge is 1.78. The maximum absolute atomic E-state index is 4.67. The summed E-state index contributed by atoms with van der Waals surface area (Å²) in [6.07, 6.45) is 3.12. The van der Waals surface area contributed by atoms with Crippen molar-refractivity contribution in [2.45, 2.75) is 6.92 Å². The summed E-state index contributed by atoms with van der Waals surface area (Å²) in [5.41, 5.74) is 0. The van der Waals surface area contributed by atoms with Gasteiger partial charge in [-0.3, -0.25) is 0 Å². The number of hydrogen-bond acceptors (Lipinski definition) is 1. The number of nitrogens with zero attached hydrogens (tertiary/aromatic N) is 1. The zero-order valence-corrected chi connectivity index (χ0v) is 5.53. The Morgan fingerprint density at radius 3 is 2.88 bits per heavy atom. The lowest BCUT2D eigenvalue weighted by Gasteiger charge is -1.90. The fourth-order valence-corrected chi connectivity index (χ4v) is 0.431. The van der Waals surface area contributed by atoms with Crippen molar-refractivity contribution in [3.05, 3.63) is 12.8 Å². The van der Waals surface area contributed by atoms with Crippen LogP contribution in [0.25, 0.3) is 0 Å². The molecular weight excluding hydrogens is 120 g/mol. The zero-order valence-electron chi connectivity index (χ0n) is 4.72. The maximum Gasteiger partial charge on any atom is 0.196 e. The molecular formula is C5H8N2S. The van der Waals surface area contributed by atoms with Crippen molar-refractivity contribution in [2.75, 3.05) is 0 Å². The van der Waals surface area contributed by atoms with Crippen LogP contribution < -0.4 is 5.32 Å². The van der Waals surface area contributed by atoms with E-state index in [1.807, 2.05) is 0 Å². The first-order chi connectivity index (χ1) is 3.81. The molecule has 0 heterocycles. The number of aliphatic imine (C=N–C) groups is 1. The minimum absolute atomic E-state index is 0.447. The Hall–Kier alpha value is -0.700. The van der Waals surface area contributed by atoms with Crippen molar-refractivity contribution >= 4 is 23.5 Å². The Kier molecular flexibility index (Phi) is 4.07. The second kappa shape index (κ2) is 4.46. The molecule has 0 rings (SSSR count). The van der Waals surface area contributed by atoms with Crippen LogP contribution in [-0.4, -0.2) is 11.3 Å². The number of rotatable bonds is 1. The van der Waals surface area contributed by atoms with Crippen LogP contribution in [-0.2, 0) is 0 Å². The maximum atomic E-state index is 4.67. The molecule has 0 aliphatic rings. The monoisotopic (exact) mass is 128 g/mol. The van der Waals surface area contributed by atoms with E-state index in [9.17, 15) is 0 Å². The third-order valence-electron chi connectivity index (χ3n) is 0.472. The van der Waals surface area contributed by atoms with E-state index >= 15 is 0 Å².